The monoisotopic (exact) mass is 460 g/mol. The van der Waals surface area contributed by atoms with Crippen molar-refractivity contribution in [2.75, 3.05) is 6.61 Å². The van der Waals surface area contributed by atoms with Crippen LogP contribution in [0.3, 0.4) is 0 Å². The quantitative estimate of drug-likeness (QED) is 0.209. The smallest absolute Gasteiger partial charge is 0.159 e. The lowest BCUT2D eigenvalue weighted by Gasteiger charge is -2.12. The van der Waals surface area contributed by atoms with Crippen molar-refractivity contribution in [2.24, 2.45) is 0 Å². The van der Waals surface area contributed by atoms with Crippen molar-refractivity contribution in [1.82, 2.24) is 9.97 Å². The number of benzene rings is 1. The molecule has 0 aliphatic rings. The van der Waals surface area contributed by atoms with Gasteiger partial charge in [0.1, 0.15) is 12.3 Å². The highest BCUT2D eigenvalue weighted by atomic mass is 19.2. The van der Waals surface area contributed by atoms with Crippen LogP contribution in [-0.4, -0.2) is 28.9 Å². The Bertz CT molecular complexity index is 737. The Morgan fingerprint density at radius 1 is 0.758 bits per heavy atom. The number of ether oxygens (including phenoxy) is 1. The van der Waals surface area contributed by atoms with Crippen molar-refractivity contribution in [3.63, 3.8) is 0 Å². The molecule has 0 bridgehead atoms. The van der Waals surface area contributed by atoms with Crippen molar-refractivity contribution in [1.29, 1.82) is 0 Å². The summed E-state index contributed by atoms with van der Waals surface area (Å²) in [6.07, 6.45) is 15.1. The topological polar surface area (TPSA) is 35.0 Å². The molecule has 2 unspecified atom stereocenters. The van der Waals surface area contributed by atoms with Gasteiger partial charge in [0.25, 0.3) is 0 Å². The van der Waals surface area contributed by atoms with Gasteiger partial charge in [-0.2, -0.15) is 0 Å². The van der Waals surface area contributed by atoms with Gasteiger partial charge in [-0.25, -0.2) is 18.7 Å². The van der Waals surface area contributed by atoms with Gasteiger partial charge in [0.15, 0.2) is 11.6 Å². The molecule has 0 amide bonds. The molecule has 0 radical (unpaired) electrons. The molecule has 2 rings (SSSR count). The molecule has 2 atom stereocenters. The first-order chi connectivity index (χ1) is 16.1. The summed E-state index contributed by atoms with van der Waals surface area (Å²) < 4.78 is 32.2. The van der Waals surface area contributed by atoms with E-state index >= 15 is 0 Å². The molecule has 1 heterocycles. The van der Waals surface area contributed by atoms with Crippen LogP contribution in [0.2, 0.25) is 0 Å². The number of rotatable bonds is 18. The minimum Gasteiger partial charge on any atom is -0.490 e. The average Bonchev–Trinajstić information content (AvgIpc) is 2.85. The summed E-state index contributed by atoms with van der Waals surface area (Å²) in [7, 11) is 0. The SMILES string of the molecule is CCCCCCCCCCCCc1ccc(-c2ncc(OCCC(F)C(F)CC)cn2)cc1. The van der Waals surface area contributed by atoms with Gasteiger partial charge >= 0.3 is 0 Å². The van der Waals surface area contributed by atoms with Crippen molar-refractivity contribution in [2.45, 2.75) is 110 Å². The summed E-state index contributed by atoms with van der Waals surface area (Å²) in [5.74, 6) is 1.10. The van der Waals surface area contributed by atoms with Crippen LogP contribution in [0.4, 0.5) is 8.78 Å². The normalized spacial score (nSPS) is 13.1. The van der Waals surface area contributed by atoms with E-state index in [1.165, 1.54) is 69.8 Å². The molecule has 33 heavy (non-hydrogen) atoms. The van der Waals surface area contributed by atoms with Crippen molar-refractivity contribution in [3.05, 3.63) is 42.2 Å². The van der Waals surface area contributed by atoms with Crippen molar-refractivity contribution < 1.29 is 13.5 Å². The summed E-state index contributed by atoms with van der Waals surface area (Å²) in [5, 5.41) is 0. The largest absolute Gasteiger partial charge is 0.490 e. The van der Waals surface area contributed by atoms with Gasteiger partial charge in [-0.15, -0.1) is 0 Å². The number of alkyl halides is 2. The highest BCUT2D eigenvalue weighted by Crippen LogP contribution is 2.19. The van der Waals surface area contributed by atoms with E-state index in [1.807, 2.05) is 0 Å². The molecule has 0 aliphatic carbocycles. The first kappa shape index (κ1) is 27.2. The van der Waals surface area contributed by atoms with Crippen LogP contribution in [0, 0.1) is 0 Å². The molecule has 5 heteroatoms. The molecule has 0 saturated carbocycles. The number of aromatic nitrogens is 2. The molecular weight excluding hydrogens is 418 g/mol. The summed E-state index contributed by atoms with van der Waals surface area (Å²) in [6, 6.07) is 8.42. The highest BCUT2D eigenvalue weighted by Gasteiger charge is 2.18. The molecule has 184 valence electrons. The fourth-order valence-electron chi connectivity index (χ4n) is 3.90. The minimum atomic E-state index is -1.49. The molecular formula is C28H42F2N2O. The maximum absolute atomic E-state index is 13.5. The molecule has 2 aromatic rings. The summed E-state index contributed by atoms with van der Waals surface area (Å²) in [6.45, 7) is 4.01. The highest BCUT2D eigenvalue weighted by molar-refractivity contribution is 5.55. The van der Waals surface area contributed by atoms with E-state index in [4.69, 9.17) is 4.74 Å². The number of hydrogen-bond acceptors (Lipinski definition) is 3. The van der Waals surface area contributed by atoms with E-state index in [9.17, 15) is 8.78 Å². The molecule has 1 aromatic carbocycles. The predicted molar refractivity (Wildman–Crippen MR) is 133 cm³/mol. The van der Waals surface area contributed by atoms with E-state index in [1.54, 1.807) is 19.3 Å². The summed E-state index contributed by atoms with van der Waals surface area (Å²) in [5.41, 5.74) is 2.30. The second kappa shape index (κ2) is 16.6. The Hall–Kier alpha value is -2.04. The van der Waals surface area contributed by atoms with Crippen LogP contribution >= 0.6 is 0 Å². The Balaban J connectivity index is 1.64. The van der Waals surface area contributed by atoms with Gasteiger partial charge in [0, 0.05) is 12.0 Å². The van der Waals surface area contributed by atoms with Crippen molar-refractivity contribution >= 4 is 0 Å². The van der Waals surface area contributed by atoms with Gasteiger partial charge in [0.05, 0.1) is 19.0 Å². The Morgan fingerprint density at radius 2 is 1.33 bits per heavy atom. The Morgan fingerprint density at radius 3 is 1.91 bits per heavy atom. The van der Waals surface area contributed by atoms with Gasteiger partial charge in [-0.05, 0) is 24.8 Å². The first-order valence-corrected chi connectivity index (χ1v) is 13.0. The second-order valence-corrected chi connectivity index (χ2v) is 8.95. The van der Waals surface area contributed by atoms with Crippen LogP contribution in [0.5, 0.6) is 5.75 Å². The average molecular weight is 461 g/mol. The lowest BCUT2D eigenvalue weighted by atomic mass is 10.0. The van der Waals surface area contributed by atoms with E-state index in [2.05, 4.69) is 41.2 Å². The maximum atomic E-state index is 13.5. The fourth-order valence-corrected chi connectivity index (χ4v) is 3.90. The van der Waals surface area contributed by atoms with Gasteiger partial charge < -0.3 is 4.74 Å². The summed E-state index contributed by atoms with van der Waals surface area (Å²) >= 11 is 0. The number of unbranched alkanes of at least 4 members (excludes halogenated alkanes) is 9. The third-order valence-corrected chi connectivity index (χ3v) is 6.10. The standard InChI is InChI=1S/C28H42F2N2O/c1-3-5-6-7-8-9-10-11-12-13-14-23-15-17-24(18-16-23)28-31-21-25(22-32-28)33-20-19-27(30)26(29)4-2/h15-18,21-22,26-27H,3-14,19-20H2,1-2H3. The first-order valence-electron chi connectivity index (χ1n) is 13.0. The molecule has 0 N–H and O–H groups in total. The third-order valence-electron chi connectivity index (χ3n) is 6.10. The zero-order chi connectivity index (χ0) is 23.7. The predicted octanol–water partition coefficient (Wildman–Crippen LogP) is 8.46. The van der Waals surface area contributed by atoms with Crippen molar-refractivity contribution in [3.8, 4) is 17.1 Å². The fraction of sp³-hybridized carbons (Fsp3) is 0.643. The third kappa shape index (κ3) is 11.1. The van der Waals surface area contributed by atoms with Crippen LogP contribution in [-0.2, 0) is 6.42 Å². The Labute approximate surface area is 199 Å². The summed E-state index contributed by atoms with van der Waals surface area (Å²) in [4.78, 5) is 8.70. The van der Waals surface area contributed by atoms with E-state index < -0.39 is 12.3 Å². The van der Waals surface area contributed by atoms with Crippen LogP contribution in [0.15, 0.2) is 36.7 Å². The molecule has 0 spiro atoms. The number of hydrogen-bond donors (Lipinski definition) is 0. The zero-order valence-corrected chi connectivity index (χ0v) is 20.6. The van der Waals surface area contributed by atoms with Crippen LogP contribution in [0.25, 0.3) is 11.4 Å². The number of aryl methyl sites for hydroxylation is 1. The second-order valence-electron chi connectivity index (χ2n) is 8.95. The van der Waals surface area contributed by atoms with E-state index in [0.29, 0.717) is 11.6 Å². The van der Waals surface area contributed by atoms with Crippen LogP contribution in [0.1, 0.15) is 96.5 Å². The molecule has 0 saturated heterocycles. The molecule has 1 aromatic heterocycles. The molecule has 0 aliphatic heterocycles. The maximum Gasteiger partial charge on any atom is 0.159 e. The zero-order valence-electron chi connectivity index (χ0n) is 20.6. The van der Waals surface area contributed by atoms with Gasteiger partial charge in [-0.1, -0.05) is 95.9 Å². The van der Waals surface area contributed by atoms with Gasteiger partial charge in [-0.3, -0.25) is 0 Å². The number of nitrogens with zero attached hydrogens (tertiary/aromatic N) is 2. The molecule has 0 fully saturated rings. The van der Waals surface area contributed by atoms with Crippen LogP contribution < -0.4 is 4.74 Å². The van der Waals surface area contributed by atoms with E-state index in [0.717, 1.165) is 12.0 Å². The van der Waals surface area contributed by atoms with E-state index in [-0.39, 0.29) is 19.4 Å². The Kier molecular flexibility index (Phi) is 13.6. The molecule has 3 nitrogen and oxygen atoms in total. The lowest BCUT2D eigenvalue weighted by Crippen LogP contribution is -2.19. The number of halogens is 2. The minimum absolute atomic E-state index is 0.0251. The van der Waals surface area contributed by atoms with Gasteiger partial charge in [0.2, 0.25) is 0 Å². The lowest BCUT2D eigenvalue weighted by molar-refractivity contribution is 0.133.